The fourth-order valence-corrected chi connectivity index (χ4v) is 8.69. The molecular formula is C47H42F2N6O7. The molecule has 0 amide bonds. The third-order valence-corrected chi connectivity index (χ3v) is 12.1. The zero-order valence-electron chi connectivity index (χ0n) is 34.4. The van der Waals surface area contributed by atoms with Gasteiger partial charge in [0, 0.05) is 57.2 Å². The average Bonchev–Trinajstić information content (AvgIpc) is 3.83. The first kappa shape index (κ1) is 39.1. The first-order valence-corrected chi connectivity index (χ1v) is 20.5. The number of fused-ring (bicyclic) bond motifs is 4. The average molecular weight is 841 g/mol. The highest BCUT2D eigenvalue weighted by molar-refractivity contribution is 5.89. The van der Waals surface area contributed by atoms with E-state index in [1.165, 1.54) is 12.7 Å². The number of methoxy groups -OCH3 is 2. The molecule has 15 heteroatoms. The number of carbonyl (C=O) groups excluding carboxylic acids is 1. The number of hydrogen-bond acceptors (Lipinski definition) is 11. The SMILES string of the molecule is COc1cc2c(Oc3ccc4[nH]c(C)cc4c3F)ncnc2cc1OCC1CC(C(=O)C2CC(COc3cc4ncnc(Oc5ccc6[nH]c(C)cc6c5F)c4cc3OC)C2)C1. The van der Waals surface area contributed by atoms with Gasteiger partial charge in [0.2, 0.25) is 11.8 Å². The highest BCUT2D eigenvalue weighted by Gasteiger charge is 2.43. The van der Waals surface area contributed by atoms with Gasteiger partial charge in [0.25, 0.3) is 0 Å². The molecule has 0 unspecified atom stereocenters. The summed E-state index contributed by atoms with van der Waals surface area (Å²) < 4.78 is 66.4. The van der Waals surface area contributed by atoms with Gasteiger partial charge in [-0.15, -0.1) is 0 Å². The van der Waals surface area contributed by atoms with Gasteiger partial charge in [-0.2, -0.15) is 0 Å². The van der Waals surface area contributed by atoms with Crippen LogP contribution in [0, 0.1) is 49.2 Å². The molecule has 0 radical (unpaired) electrons. The minimum Gasteiger partial charge on any atom is -0.493 e. The Morgan fingerprint density at radius 1 is 0.581 bits per heavy atom. The van der Waals surface area contributed by atoms with Crippen molar-refractivity contribution in [1.29, 1.82) is 0 Å². The van der Waals surface area contributed by atoms with Gasteiger partial charge in [0.15, 0.2) is 46.1 Å². The van der Waals surface area contributed by atoms with Gasteiger partial charge in [-0.05, 0) is 99.9 Å². The van der Waals surface area contributed by atoms with Gasteiger partial charge >= 0.3 is 0 Å². The molecule has 0 atom stereocenters. The van der Waals surface area contributed by atoms with Gasteiger partial charge in [0.05, 0.1) is 49.2 Å². The predicted octanol–water partition coefficient (Wildman–Crippen LogP) is 10.1. The number of Topliss-reactive ketones (excluding diaryl/α,β-unsaturated/α-hetero) is 1. The van der Waals surface area contributed by atoms with Gasteiger partial charge in [-0.3, -0.25) is 4.79 Å². The summed E-state index contributed by atoms with van der Waals surface area (Å²) >= 11 is 0. The molecule has 62 heavy (non-hydrogen) atoms. The van der Waals surface area contributed by atoms with Gasteiger partial charge in [-0.25, -0.2) is 28.7 Å². The molecule has 2 aliphatic rings. The van der Waals surface area contributed by atoms with Crippen molar-refractivity contribution in [2.75, 3.05) is 27.4 Å². The minimum absolute atomic E-state index is 0.00965. The van der Waals surface area contributed by atoms with E-state index in [4.69, 9.17) is 28.4 Å². The Balaban J connectivity index is 0.718. The summed E-state index contributed by atoms with van der Waals surface area (Å²) in [5, 5.41) is 1.96. The van der Waals surface area contributed by atoms with Crippen molar-refractivity contribution in [1.82, 2.24) is 29.9 Å². The van der Waals surface area contributed by atoms with E-state index in [-0.39, 0.29) is 46.9 Å². The Morgan fingerprint density at radius 2 is 1.02 bits per heavy atom. The van der Waals surface area contributed by atoms with Crippen LogP contribution in [0.1, 0.15) is 37.1 Å². The molecular weight excluding hydrogens is 799 g/mol. The number of ketones is 1. The van der Waals surface area contributed by atoms with E-state index in [1.807, 2.05) is 13.8 Å². The minimum atomic E-state index is -0.482. The molecule has 0 bridgehead atoms. The number of H-pyrrole nitrogens is 2. The normalized spacial score (nSPS) is 18.4. The molecule has 2 aliphatic carbocycles. The van der Waals surface area contributed by atoms with Crippen LogP contribution < -0.4 is 28.4 Å². The molecule has 316 valence electrons. The third kappa shape index (κ3) is 7.20. The monoisotopic (exact) mass is 840 g/mol. The molecule has 8 aromatic rings. The largest absolute Gasteiger partial charge is 0.493 e. The van der Waals surface area contributed by atoms with Crippen molar-refractivity contribution in [3.63, 3.8) is 0 Å². The number of aromatic nitrogens is 6. The molecule has 2 N–H and O–H groups in total. The topological polar surface area (TPSA) is 156 Å². The maximum Gasteiger partial charge on any atom is 0.230 e. The summed E-state index contributed by atoms with van der Waals surface area (Å²) in [6, 6.07) is 17.1. The van der Waals surface area contributed by atoms with Gasteiger partial charge in [0.1, 0.15) is 18.4 Å². The van der Waals surface area contributed by atoms with Crippen LogP contribution in [0.2, 0.25) is 0 Å². The van der Waals surface area contributed by atoms with Crippen molar-refractivity contribution < 1.29 is 42.0 Å². The third-order valence-electron chi connectivity index (χ3n) is 12.1. The molecule has 0 saturated heterocycles. The Bertz CT molecular complexity index is 2830. The van der Waals surface area contributed by atoms with Crippen LogP contribution >= 0.6 is 0 Å². The number of rotatable bonds is 14. The molecule has 0 aliphatic heterocycles. The summed E-state index contributed by atoms with van der Waals surface area (Å²) in [4.78, 5) is 37.0. The van der Waals surface area contributed by atoms with Crippen molar-refractivity contribution in [3.8, 4) is 46.3 Å². The van der Waals surface area contributed by atoms with E-state index in [0.29, 0.717) is 85.6 Å². The number of carbonyl (C=O) groups is 1. The fourth-order valence-electron chi connectivity index (χ4n) is 8.69. The summed E-state index contributed by atoms with van der Waals surface area (Å²) in [6.45, 7) is 4.58. The molecule has 2 fully saturated rings. The molecule has 10 rings (SSSR count). The number of ether oxygens (including phenoxy) is 6. The Kier molecular flexibility index (Phi) is 9.96. The van der Waals surface area contributed by atoms with Crippen LogP contribution in [0.3, 0.4) is 0 Å². The van der Waals surface area contributed by atoms with Crippen molar-refractivity contribution >= 4 is 49.4 Å². The first-order chi connectivity index (χ1) is 30.1. The van der Waals surface area contributed by atoms with Crippen LogP contribution in [-0.2, 0) is 4.79 Å². The Hall–Kier alpha value is -7.03. The quantitative estimate of drug-likeness (QED) is 0.107. The number of nitrogens with one attached hydrogen (secondary N) is 2. The number of aromatic amines is 2. The van der Waals surface area contributed by atoms with Crippen LogP contribution in [0.15, 0.2) is 73.3 Å². The molecule has 4 heterocycles. The lowest BCUT2D eigenvalue weighted by atomic mass is 9.64. The van der Waals surface area contributed by atoms with Crippen LogP contribution in [-0.4, -0.2) is 63.1 Å². The number of halogens is 2. The summed E-state index contributed by atoms with van der Waals surface area (Å²) in [5.74, 6) is 2.24. The fraction of sp³-hybridized carbons (Fsp3) is 0.298. The van der Waals surface area contributed by atoms with E-state index < -0.39 is 11.6 Å². The van der Waals surface area contributed by atoms with Gasteiger partial charge < -0.3 is 38.4 Å². The Labute approximate surface area is 353 Å². The number of nitrogens with zero attached hydrogens (tertiary/aromatic N) is 4. The number of hydrogen-bond donors (Lipinski definition) is 2. The van der Waals surface area contributed by atoms with Crippen LogP contribution in [0.4, 0.5) is 8.78 Å². The van der Waals surface area contributed by atoms with E-state index in [1.54, 1.807) is 74.9 Å². The second-order valence-corrected chi connectivity index (χ2v) is 16.3. The lowest BCUT2D eigenvalue weighted by Crippen LogP contribution is -2.42. The van der Waals surface area contributed by atoms with Crippen LogP contribution in [0.5, 0.6) is 46.3 Å². The van der Waals surface area contributed by atoms with E-state index >= 15 is 8.78 Å². The smallest absolute Gasteiger partial charge is 0.230 e. The van der Waals surface area contributed by atoms with Crippen molar-refractivity contribution in [3.05, 3.63) is 96.3 Å². The van der Waals surface area contributed by atoms with E-state index in [0.717, 1.165) is 37.1 Å². The lowest BCUT2D eigenvalue weighted by molar-refractivity contribution is -0.136. The molecule has 0 spiro atoms. The maximum atomic E-state index is 15.3. The molecule has 4 aromatic heterocycles. The summed E-state index contributed by atoms with van der Waals surface area (Å²) in [6.07, 6.45) is 5.78. The second kappa shape index (κ2) is 15.8. The van der Waals surface area contributed by atoms with E-state index in [2.05, 4.69) is 29.9 Å². The lowest BCUT2D eigenvalue weighted by Gasteiger charge is -2.41. The standard InChI is InChI=1S/C47H42F2N6O7/c1-23-9-29-33(54-23)5-7-37(43(29)48)61-46-31-15-39(57-3)41(17-35(31)50-21-52-46)59-19-25-11-27(12-25)45(56)28-13-26(14-28)20-60-42-18-36-32(16-40(42)58-4)47(53-22-51-36)62-38-8-6-34-30(44(38)49)10-24(2)55-34/h5-10,15-18,21-22,25-28,54-55H,11-14,19-20H2,1-4H3. The molecule has 13 nitrogen and oxygen atoms in total. The zero-order chi connectivity index (χ0) is 42.6. The predicted molar refractivity (Wildman–Crippen MR) is 227 cm³/mol. The number of benzene rings is 4. The highest BCUT2D eigenvalue weighted by Crippen LogP contribution is 2.45. The molecule has 2 saturated carbocycles. The van der Waals surface area contributed by atoms with E-state index in [9.17, 15) is 4.79 Å². The highest BCUT2D eigenvalue weighted by atomic mass is 19.1. The summed E-state index contributed by atoms with van der Waals surface area (Å²) in [5.41, 5.74) is 4.16. The second-order valence-electron chi connectivity index (χ2n) is 16.3. The number of aryl methyl sites for hydroxylation is 2. The van der Waals surface area contributed by atoms with Crippen molar-refractivity contribution in [2.45, 2.75) is 39.5 Å². The summed E-state index contributed by atoms with van der Waals surface area (Å²) in [7, 11) is 3.09. The Morgan fingerprint density at radius 3 is 1.44 bits per heavy atom. The van der Waals surface area contributed by atoms with Crippen molar-refractivity contribution in [2.24, 2.45) is 23.7 Å². The van der Waals surface area contributed by atoms with Gasteiger partial charge in [-0.1, -0.05) is 0 Å². The first-order valence-electron chi connectivity index (χ1n) is 20.5. The molecule has 4 aromatic carbocycles. The van der Waals surface area contributed by atoms with Crippen LogP contribution in [0.25, 0.3) is 43.6 Å². The maximum absolute atomic E-state index is 15.3. The zero-order valence-corrected chi connectivity index (χ0v) is 34.4.